The summed E-state index contributed by atoms with van der Waals surface area (Å²) in [5.41, 5.74) is 2.50. The van der Waals surface area contributed by atoms with Crippen LogP contribution in [-0.2, 0) is 0 Å². The van der Waals surface area contributed by atoms with E-state index in [1.807, 2.05) is 12.2 Å². The van der Waals surface area contributed by atoms with Crippen molar-refractivity contribution < 1.29 is 0 Å². The summed E-state index contributed by atoms with van der Waals surface area (Å²) in [6, 6.07) is 0. The van der Waals surface area contributed by atoms with Crippen LogP contribution in [0.5, 0.6) is 0 Å². The maximum Gasteiger partial charge on any atom is 0.0435 e. The minimum Gasteiger partial charge on any atom is -0.262 e. The van der Waals surface area contributed by atoms with E-state index in [0.29, 0.717) is 0 Å². The lowest BCUT2D eigenvalue weighted by Gasteiger charge is -1.94. The SMILES string of the molecule is C=C/C=C1/CCCC1=NC=C. The molecule has 1 rings (SSSR count). The van der Waals surface area contributed by atoms with E-state index in [2.05, 4.69) is 18.2 Å². The van der Waals surface area contributed by atoms with E-state index in [-0.39, 0.29) is 0 Å². The molecule has 0 heterocycles. The fraction of sp³-hybridized carbons (Fsp3) is 0.300. The van der Waals surface area contributed by atoms with Gasteiger partial charge in [0.15, 0.2) is 0 Å². The first-order valence-electron chi connectivity index (χ1n) is 3.88. The fourth-order valence-corrected chi connectivity index (χ4v) is 1.33. The maximum absolute atomic E-state index is 4.19. The second-order valence-electron chi connectivity index (χ2n) is 2.54. The van der Waals surface area contributed by atoms with Crippen molar-refractivity contribution >= 4 is 5.71 Å². The average molecular weight is 147 g/mol. The van der Waals surface area contributed by atoms with Crippen LogP contribution < -0.4 is 0 Å². The average Bonchev–Trinajstić information content (AvgIpc) is 2.39. The summed E-state index contributed by atoms with van der Waals surface area (Å²) in [5.74, 6) is 0. The van der Waals surface area contributed by atoms with Crippen molar-refractivity contribution in [1.82, 2.24) is 0 Å². The Hall–Kier alpha value is -1.11. The van der Waals surface area contributed by atoms with Crippen LogP contribution in [0, 0.1) is 0 Å². The van der Waals surface area contributed by atoms with Crippen LogP contribution in [0.15, 0.2) is 42.1 Å². The first-order valence-corrected chi connectivity index (χ1v) is 3.88. The Bertz CT molecular complexity index is 197. The fourth-order valence-electron chi connectivity index (χ4n) is 1.33. The van der Waals surface area contributed by atoms with Gasteiger partial charge in [-0.25, -0.2) is 0 Å². The summed E-state index contributed by atoms with van der Waals surface area (Å²) >= 11 is 0. The summed E-state index contributed by atoms with van der Waals surface area (Å²) in [5, 5.41) is 0. The number of hydrogen-bond donors (Lipinski definition) is 0. The largest absolute Gasteiger partial charge is 0.262 e. The summed E-state index contributed by atoms with van der Waals surface area (Å²) in [6.07, 6.45) is 8.91. The quantitative estimate of drug-likeness (QED) is 0.569. The molecule has 1 heteroatoms. The van der Waals surface area contributed by atoms with Crippen LogP contribution in [0.2, 0.25) is 0 Å². The minimum atomic E-state index is 1.09. The second kappa shape index (κ2) is 3.91. The molecule has 0 bridgehead atoms. The van der Waals surface area contributed by atoms with E-state index in [4.69, 9.17) is 0 Å². The number of allylic oxidation sites excluding steroid dienone is 3. The van der Waals surface area contributed by atoms with Gasteiger partial charge in [0.25, 0.3) is 0 Å². The molecule has 0 aromatic rings. The predicted molar refractivity (Wildman–Crippen MR) is 49.8 cm³/mol. The van der Waals surface area contributed by atoms with E-state index in [0.717, 1.165) is 12.8 Å². The Morgan fingerprint density at radius 2 is 2.09 bits per heavy atom. The highest BCUT2D eigenvalue weighted by atomic mass is 14.7. The first kappa shape index (κ1) is 7.99. The molecule has 0 N–H and O–H groups in total. The zero-order chi connectivity index (χ0) is 8.10. The van der Waals surface area contributed by atoms with E-state index < -0.39 is 0 Å². The highest BCUT2D eigenvalue weighted by molar-refractivity contribution is 6.02. The molecule has 0 atom stereocenters. The molecule has 1 aliphatic carbocycles. The highest BCUT2D eigenvalue weighted by Crippen LogP contribution is 2.21. The molecular formula is C10H13N. The van der Waals surface area contributed by atoms with Crippen molar-refractivity contribution in [3.8, 4) is 0 Å². The smallest absolute Gasteiger partial charge is 0.0435 e. The molecule has 1 fully saturated rings. The molecule has 1 saturated carbocycles. The van der Waals surface area contributed by atoms with Crippen LogP contribution in [0.3, 0.4) is 0 Å². The Labute approximate surface area is 67.8 Å². The lowest BCUT2D eigenvalue weighted by atomic mass is 10.2. The molecule has 0 unspecified atom stereocenters. The number of nitrogens with zero attached hydrogens (tertiary/aromatic N) is 1. The van der Waals surface area contributed by atoms with E-state index >= 15 is 0 Å². The molecule has 0 saturated heterocycles. The van der Waals surface area contributed by atoms with E-state index in [1.165, 1.54) is 17.7 Å². The van der Waals surface area contributed by atoms with Crippen molar-refractivity contribution in [2.24, 2.45) is 4.99 Å². The van der Waals surface area contributed by atoms with Crippen LogP contribution in [0.4, 0.5) is 0 Å². The molecule has 1 nitrogen and oxygen atoms in total. The molecule has 58 valence electrons. The Kier molecular flexibility index (Phi) is 2.84. The molecule has 1 aliphatic rings. The van der Waals surface area contributed by atoms with Gasteiger partial charge in [0.05, 0.1) is 0 Å². The van der Waals surface area contributed by atoms with Crippen LogP contribution in [-0.4, -0.2) is 5.71 Å². The Balaban J connectivity index is 2.80. The van der Waals surface area contributed by atoms with Gasteiger partial charge in [-0.05, 0) is 24.8 Å². The van der Waals surface area contributed by atoms with Crippen LogP contribution in [0.1, 0.15) is 19.3 Å². The van der Waals surface area contributed by atoms with Gasteiger partial charge in [0.2, 0.25) is 0 Å². The Morgan fingerprint density at radius 3 is 2.73 bits per heavy atom. The second-order valence-corrected chi connectivity index (χ2v) is 2.54. The lowest BCUT2D eigenvalue weighted by Crippen LogP contribution is -1.90. The molecule has 0 aromatic carbocycles. The van der Waals surface area contributed by atoms with Gasteiger partial charge in [-0.15, -0.1) is 0 Å². The lowest BCUT2D eigenvalue weighted by molar-refractivity contribution is 0.946. The van der Waals surface area contributed by atoms with Crippen LogP contribution in [0.25, 0.3) is 0 Å². The topological polar surface area (TPSA) is 12.4 Å². The molecule has 0 amide bonds. The summed E-state index contributed by atoms with van der Waals surface area (Å²) < 4.78 is 0. The number of hydrogen-bond acceptors (Lipinski definition) is 1. The maximum atomic E-state index is 4.19. The van der Waals surface area contributed by atoms with Crippen molar-refractivity contribution in [2.45, 2.75) is 19.3 Å². The van der Waals surface area contributed by atoms with Gasteiger partial charge in [-0.3, -0.25) is 4.99 Å². The van der Waals surface area contributed by atoms with Gasteiger partial charge in [-0.1, -0.05) is 25.3 Å². The number of rotatable bonds is 2. The molecule has 0 aromatic heterocycles. The Morgan fingerprint density at radius 1 is 1.27 bits per heavy atom. The van der Waals surface area contributed by atoms with Crippen molar-refractivity contribution in [2.75, 3.05) is 0 Å². The van der Waals surface area contributed by atoms with E-state index in [9.17, 15) is 0 Å². The third-order valence-corrected chi connectivity index (χ3v) is 1.80. The third-order valence-electron chi connectivity index (χ3n) is 1.80. The predicted octanol–water partition coefficient (Wildman–Crippen LogP) is 2.87. The molecule has 0 aliphatic heterocycles. The minimum absolute atomic E-state index is 1.09. The molecule has 0 radical (unpaired) electrons. The number of aliphatic imine (C=N–C) groups is 1. The van der Waals surface area contributed by atoms with Crippen molar-refractivity contribution in [1.29, 1.82) is 0 Å². The monoisotopic (exact) mass is 147 g/mol. The van der Waals surface area contributed by atoms with Gasteiger partial charge in [0.1, 0.15) is 0 Å². The normalized spacial score (nSPS) is 24.4. The zero-order valence-electron chi connectivity index (χ0n) is 6.71. The highest BCUT2D eigenvalue weighted by Gasteiger charge is 2.12. The summed E-state index contributed by atoms with van der Waals surface area (Å²) in [7, 11) is 0. The summed E-state index contributed by atoms with van der Waals surface area (Å²) in [6.45, 7) is 7.24. The first-order chi connectivity index (χ1) is 5.38. The van der Waals surface area contributed by atoms with Gasteiger partial charge < -0.3 is 0 Å². The van der Waals surface area contributed by atoms with E-state index in [1.54, 1.807) is 6.20 Å². The van der Waals surface area contributed by atoms with Gasteiger partial charge in [0, 0.05) is 11.9 Å². The van der Waals surface area contributed by atoms with Crippen molar-refractivity contribution in [3.63, 3.8) is 0 Å². The standard InChI is InChI=1S/C10H13N/c1-3-6-9-7-5-8-10(9)11-4-2/h3-4,6H,1-2,5,7-8H2/b9-6-,11-10?. The third kappa shape index (κ3) is 1.90. The zero-order valence-corrected chi connectivity index (χ0v) is 6.71. The molecule has 0 spiro atoms. The van der Waals surface area contributed by atoms with Crippen molar-refractivity contribution in [3.05, 3.63) is 37.1 Å². The molecule has 11 heavy (non-hydrogen) atoms. The van der Waals surface area contributed by atoms with Gasteiger partial charge >= 0.3 is 0 Å². The summed E-state index contributed by atoms with van der Waals surface area (Å²) in [4.78, 5) is 4.19. The van der Waals surface area contributed by atoms with Gasteiger partial charge in [-0.2, -0.15) is 0 Å². The van der Waals surface area contributed by atoms with Crippen LogP contribution >= 0.6 is 0 Å². The molecular weight excluding hydrogens is 134 g/mol.